The molecule has 0 radical (unpaired) electrons. The fraction of sp³-hybridized carbons (Fsp3) is 0.357. The van der Waals surface area contributed by atoms with Gasteiger partial charge in [0.25, 0.3) is 0 Å². The molecule has 0 spiro atoms. The van der Waals surface area contributed by atoms with Gasteiger partial charge in [0, 0.05) is 6.54 Å². The number of anilines is 1. The average Bonchev–Trinajstić information content (AvgIpc) is 2.87. The zero-order chi connectivity index (χ0) is 26.2. The first kappa shape index (κ1) is 27.4. The van der Waals surface area contributed by atoms with Crippen molar-refractivity contribution in [2.24, 2.45) is 0 Å². The summed E-state index contributed by atoms with van der Waals surface area (Å²) in [5.41, 5.74) is 2.68. The van der Waals surface area contributed by atoms with E-state index < -0.39 is 16.0 Å². The van der Waals surface area contributed by atoms with Gasteiger partial charge in [-0.05, 0) is 47.2 Å². The van der Waals surface area contributed by atoms with Gasteiger partial charge in [-0.15, -0.1) is 0 Å². The highest BCUT2D eigenvalue weighted by Gasteiger charge is 2.26. The molecule has 192 valence electrons. The maximum atomic E-state index is 13.6. The Labute approximate surface area is 214 Å². The van der Waals surface area contributed by atoms with Crippen molar-refractivity contribution in [1.29, 1.82) is 0 Å². The Hall–Kier alpha value is -3.23. The van der Waals surface area contributed by atoms with Crippen molar-refractivity contribution in [3.05, 3.63) is 89.6 Å². The van der Waals surface area contributed by atoms with Crippen molar-refractivity contribution in [3.8, 4) is 0 Å². The van der Waals surface area contributed by atoms with Crippen molar-refractivity contribution in [2.75, 3.05) is 11.9 Å². The second kappa shape index (κ2) is 12.1. The van der Waals surface area contributed by atoms with Crippen molar-refractivity contribution in [2.45, 2.75) is 63.4 Å². The number of aromatic nitrogens is 1. The van der Waals surface area contributed by atoms with E-state index in [1.807, 2.05) is 12.1 Å². The van der Waals surface area contributed by atoms with Gasteiger partial charge in [0.05, 0.1) is 17.1 Å². The lowest BCUT2D eigenvalue weighted by Crippen LogP contribution is -2.30. The van der Waals surface area contributed by atoms with E-state index in [9.17, 15) is 13.2 Å². The smallest absolute Gasteiger partial charge is 0.322 e. The highest BCUT2D eigenvalue weighted by Crippen LogP contribution is 2.30. The Kier molecular flexibility index (Phi) is 9.23. The number of hydrogen-bond donors (Lipinski definition) is 2. The molecule has 0 saturated heterocycles. The number of nitrogens with zero attached hydrogens (tertiary/aromatic N) is 2. The number of pyridine rings is 1. The molecule has 36 heavy (non-hydrogen) atoms. The van der Waals surface area contributed by atoms with Gasteiger partial charge in [0.2, 0.25) is 10.0 Å². The molecule has 1 aromatic heterocycles. The van der Waals surface area contributed by atoms with E-state index in [1.165, 1.54) is 9.87 Å². The summed E-state index contributed by atoms with van der Waals surface area (Å²) in [6, 6.07) is 21.6. The number of aliphatic carboxylic acids is 1. The summed E-state index contributed by atoms with van der Waals surface area (Å²) in [7, 11) is -3.81. The number of nitrogens with one attached hydrogen (secondary N) is 1. The minimum Gasteiger partial charge on any atom is -0.480 e. The SMILES string of the molecule is CCCCC(C)(C)c1ccc(CN(Cc2cccc(NCC(=O)O)n2)S(=O)(=O)c2ccccc2)cc1. The quantitative estimate of drug-likeness (QED) is 0.318. The minimum absolute atomic E-state index is 0.0452. The number of carboxylic acids is 1. The molecule has 0 unspecified atom stereocenters. The molecule has 3 aromatic rings. The fourth-order valence-electron chi connectivity index (χ4n) is 4.01. The van der Waals surface area contributed by atoms with E-state index >= 15 is 0 Å². The van der Waals surface area contributed by atoms with Crippen LogP contribution < -0.4 is 5.32 Å². The molecule has 0 aliphatic heterocycles. The molecule has 0 atom stereocenters. The Morgan fingerprint density at radius 3 is 2.31 bits per heavy atom. The van der Waals surface area contributed by atoms with E-state index in [2.05, 4.69) is 43.2 Å². The highest BCUT2D eigenvalue weighted by atomic mass is 32.2. The first-order valence-electron chi connectivity index (χ1n) is 12.2. The summed E-state index contributed by atoms with van der Waals surface area (Å²) in [6.07, 6.45) is 3.40. The Morgan fingerprint density at radius 1 is 0.972 bits per heavy atom. The lowest BCUT2D eigenvalue weighted by atomic mass is 9.80. The number of rotatable bonds is 13. The van der Waals surface area contributed by atoms with Crippen LogP contribution in [-0.4, -0.2) is 35.3 Å². The molecule has 2 N–H and O–H groups in total. The number of benzene rings is 2. The average molecular weight is 510 g/mol. The number of carbonyl (C=O) groups is 1. The van der Waals surface area contributed by atoms with E-state index in [-0.39, 0.29) is 29.9 Å². The largest absolute Gasteiger partial charge is 0.480 e. The zero-order valence-electron chi connectivity index (χ0n) is 21.1. The summed E-state index contributed by atoms with van der Waals surface area (Å²) in [6.45, 7) is 6.61. The second-order valence-corrected chi connectivity index (χ2v) is 11.5. The number of unbranched alkanes of at least 4 members (excludes halogenated alkanes) is 1. The zero-order valence-corrected chi connectivity index (χ0v) is 22.0. The van der Waals surface area contributed by atoms with Crippen LogP contribution in [-0.2, 0) is 33.3 Å². The third kappa shape index (κ3) is 7.38. The normalized spacial score (nSPS) is 12.0. The summed E-state index contributed by atoms with van der Waals surface area (Å²) in [5.74, 6) is -0.623. The molecule has 8 heteroatoms. The lowest BCUT2D eigenvalue weighted by Gasteiger charge is -2.26. The molecule has 1 heterocycles. The summed E-state index contributed by atoms with van der Waals surface area (Å²) < 4.78 is 28.6. The molecule has 0 fully saturated rings. The van der Waals surface area contributed by atoms with Crippen LogP contribution in [0.3, 0.4) is 0 Å². The highest BCUT2D eigenvalue weighted by molar-refractivity contribution is 7.89. The van der Waals surface area contributed by atoms with E-state index in [1.54, 1.807) is 48.5 Å². The monoisotopic (exact) mass is 509 g/mol. The standard InChI is InChI=1S/C28H35N3O4S/c1-4-5-18-28(2,3)23-16-14-22(15-17-23)20-31(36(34,35)25-11-7-6-8-12-25)21-24-10-9-13-26(30-24)29-19-27(32)33/h6-17H,4-5,18-21H2,1-3H3,(H,29,30)(H,32,33). The van der Waals surface area contributed by atoms with Crippen LogP contribution in [0, 0.1) is 0 Å². The molecule has 0 aliphatic rings. The molecule has 0 bridgehead atoms. The van der Waals surface area contributed by atoms with Crippen LogP contribution in [0.15, 0.2) is 77.7 Å². The summed E-state index contributed by atoms with van der Waals surface area (Å²) in [5, 5.41) is 11.7. The van der Waals surface area contributed by atoms with Gasteiger partial charge >= 0.3 is 5.97 Å². The summed E-state index contributed by atoms with van der Waals surface area (Å²) in [4.78, 5) is 15.5. The van der Waals surface area contributed by atoms with Crippen LogP contribution in [0.2, 0.25) is 0 Å². The Bertz CT molecular complexity index is 1240. The molecular formula is C28H35N3O4S. The maximum absolute atomic E-state index is 13.6. The van der Waals surface area contributed by atoms with Crippen molar-refractivity contribution in [3.63, 3.8) is 0 Å². The van der Waals surface area contributed by atoms with Gasteiger partial charge in [-0.2, -0.15) is 4.31 Å². The van der Waals surface area contributed by atoms with Crippen LogP contribution in [0.25, 0.3) is 0 Å². The molecule has 2 aromatic carbocycles. The van der Waals surface area contributed by atoms with Gasteiger partial charge in [-0.1, -0.05) is 82.1 Å². The van der Waals surface area contributed by atoms with Crippen LogP contribution in [0.4, 0.5) is 5.82 Å². The van der Waals surface area contributed by atoms with E-state index in [0.29, 0.717) is 11.5 Å². The van der Waals surface area contributed by atoms with Crippen molar-refractivity contribution in [1.82, 2.24) is 9.29 Å². The van der Waals surface area contributed by atoms with Gasteiger partial charge in [-0.25, -0.2) is 13.4 Å². The fourth-order valence-corrected chi connectivity index (χ4v) is 5.43. The molecular weight excluding hydrogens is 474 g/mol. The first-order chi connectivity index (χ1) is 17.1. The Morgan fingerprint density at radius 2 is 1.67 bits per heavy atom. The Balaban J connectivity index is 1.88. The third-order valence-electron chi connectivity index (χ3n) is 6.20. The number of hydrogen-bond acceptors (Lipinski definition) is 5. The third-order valence-corrected chi connectivity index (χ3v) is 8.00. The molecule has 0 aliphatic carbocycles. The predicted octanol–water partition coefficient (Wildman–Crippen LogP) is 5.44. The molecule has 0 saturated carbocycles. The molecule has 0 amide bonds. The minimum atomic E-state index is -3.81. The second-order valence-electron chi connectivity index (χ2n) is 9.53. The molecule has 3 rings (SSSR count). The predicted molar refractivity (Wildman–Crippen MR) is 142 cm³/mol. The topological polar surface area (TPSA) is 99.6 Å². The van der Waals surface area contributed by atoms with E-state index in [4.69, 9.17) is 5.11 Å². The van der Waals surface area contributed by atoms with E-state index in [0.717, 1.165) is 24.8 Å². The number of carboxylic acid groups (broad SMARTS) is 1. The molecule has 7 nitrogen and oxygen atoms in total. The number of sulfonamides is 1. The summed E-state index contributed by atoms with van der Waals surface area (Å²) >= 11 is 0. The van der Waals surface area contributed by atoms with Gasteiger partial charge < -0.3 is 10.4 Å². The van der Waals surface area contributed by atoms with Crippen LogP contribution in [0.5, 0.6) is 0 Å². The van der Waals surface area contributed by atoms with Crippen molar-refractivity contribution >= 4 is 21.8 Å². The van der Waals surface area contributed by atoms with Gasteiger partial charge in [-0.3, -0.25) is 4.79 Å². The van der Waals surface area contributed by atoms with Crippen LogP contribution >= 0.6 is 0 Å². The van der Waals surface area contributed by atoms with Gasteiger partial charge in [0.1, 0.15) is 12.4 Å². The maximum Gasteiger partial charge on any atom is 0.322 e. The van der Waals surface area contributed by atoms with Crippen LogP contribution in [0.1, 0.15) is 56.9 Å². The first-order valence-corrected chi connectivity index (χ1v) is 13.6. The van der Waals surface area contributed by atoms with Crippen molar-refractivity contribution < 1.29 is 18.3 Å². The van der Waals surface area contributed by atoms with Gasteiger partial charge in [0.15, 0.2) is 0 Å². The lowest BCUT2D eigenvalue weighted by molar-refractivity contribution is -0.134.